The zero-order valence-corrected chi connectivity index (χ0v) is 9.46. The van der Waals surface area contributed by atoms with Crippen molar-refractivity contribution in [2.75, 3.05) is 5.32 Å². The fraction of sp³-hybridized carbons (Fsp3) is 0.667. The molecule has 6 nitrogen and oxygen atoms in total. The first-order valence-electron chi connectivity index (χ1n) is 5.15. The quantitative estimate of drug-likeness (QED) is 0.838. The van der Waals surface area contributed by atoms with Crippen LogP contribution in [0.2, 0.25) is 0 Å². The number of nitrogens with one attached hydrogen (secondary N) is 1. The lowest BCUT2D eigenvalue weighted by Gasteiger charge is -2.28. The van der Waals surface area contributed by atoms with Crippen LogP contribution in [0.3, 0.4) is 0 Å². The zero-order chi connectivity index (χ0) is 11.4. The van der Waals surface area contributed by atoms with E-state index in [4.69, 9.17) is 0 Å². The van der Waals surface area contributed by atoms with E-state index in [0.29, 0.717) is 18.0 Å². The van der Waals surface area contributed by atoms with Gasteiger partial charge in [0.05, 0.1) is 6.07 Å². The van der Waals surface area contributed by atoms with Crippen molar-refractivity contribution in [1.29, 1.82) is 5.26 Å². The first-order chi connectivity index (χ1) is 7.77. The Kier molecular flexibility index (Phi) is 3.10. The maximum absolute atomic E-state index is 12.0. The Balaban J connectivity index is 2.10. The molecule has 2 rings (SSSR count). The number of hydrogen-bond acceptors (Lipinski definition) is 6. The van der Waals surface area contributed by atoms with E-state index < -0.39 is 5.41 Å². The fourth-order valence-electron chi connectivity index (χ4n) is 1.94. The molecule has 0 aromatic carbocycles. The smallest absolute Gasteiger partial charge is 0.246 e. The van der Waals surface area contributed by atoms with E-state index in [9.17, 15) is 10.1 Å². The third kappa shape index (κ3) is 2.02. The summed E-state index contributed by atoms with van der Waals surface area (Å²) < 4.78 is 3.55. The molecule has 1 saturated carbocycles. The van der Waals surface area contributed by atoms with Crippen LogP contribution in [0.25, 0.3) is 0 Å². The molecule has 1 amide bonds. The normalized spacial score (nSPS) is 18.7. The molecule has 0 radical (unpaired) electrons. The summed E-state index contributed by atoms with van der Waals surface area (Å²) in [6.45, 7) is 0. The molecular formula is C9H11N5OS. The highest BCUT2D eigenvalue weighted by molar-refractivity contribution is 7.09. The molecule has 0 spiro atoms. The molecule has 16 heavy (non-hydrogen) atoms. The molecule has 1 heterocycles. The van der Waals surface area contributed by atoms with Gasteiger partial charge in [-0.2, -0.15) is 5.26 Å². The predicted octanol–water partition coefficient (Wildman–Crippen LogP) is 1.35. The second kappa shape index (κ2) is 4.53. The van der Waals surface area contributed by atoms with Gasteiger partial charge in [-0.1, -0.05) is 28.8 Å². The minimum absolute atomic E-state index is 0.270. The molecule has 1 aliphatic rings. The van der Waals surface area contributed by atoms with Crippen LogP contribution >= 0.6 is 11.5 Å². The van der Waals surface area contributed by atoms with Crippen LogP contribution in [0.15, 0.2) is 0 Å². The van der Waals surface area contributed by atoms with Gasteiger partial charge in [-0.15, -0.1) is 0 Å². The van der Waals surface area contributed by atoms with Crippen LogP contribution in [0, 0.1) is 16.7 Å². The lowest BCUT2D eigenvalue weighted by atomic mass is 9.74. The molecule has 84 valence electrons. The summed E-state index contributed by atoms with van der Waals surface area (Å²) in [6, 6.07) is 2.15. The Hall–Kier alpha value is -1.55. The molecular weight excluding hydrogens is 226 g/mol. The van der Waals surface area contributed by atoms with Crippen molar-refractivity contribution in [1.82, 2.24) is 14.8 Å². The third-order valence-corrected chi connectivity index (χ3v) is 3.39. The Morgan fingerprint density at radius 1 is 1.44 bits per heavy atom. The number of nitrogens with zero attached hydrogens (tertiary/aromatic N) is 4. The molecule has 1 fully saturated rings. The van der Waals surface area contributed by atoms with Gasteiger partial charge in [-0.25, -0.2) is 0 Å². The van der Waals surface area contributed by atoms with Crippen molar-refractivity contribution in [2.24, 2.45) is 5.41 Å². The minimum atomic E-state index is -0.885. The number of carbonyl (C=O) groups excluding carboxylic acids is 1. The number of aromatic nitrogens is 3. The van der Waals surface area contributed by atoms with Crippen molar-refractivity contribution in [3.8, 4) is 6.07 Å². The van der Waals surface area contributed by atoms with E-state index in [2.05, 4.69) is 26.2 Å². The van der Waals surface area contributed by atoms with Gasteiger partial charge in [0.1, 0.15) is 5.41 Å². The van der Waals surface area contributed by atoms with E-state index in [1.807, 2.05) is 0 Å². The number of carbonyl (C=O) groups is 1. The highest BCUT2D eigenvalue weighted by atomic mass is 32.1. The van der Waals surface area contributed by atoms with Crippen LogP contribution < -0.4 is 5.32 Å². The van der Waals surface area contributed by atoms with Crippen molar-refractivity contribution in [3.63, 3.8) is 0 Å². The molecule has 0 aliphatic heterocycles. The Bertz CT molecular complexity index is 404. The standard InChI is InChI=1S/C9H11N5OS/c10-6-9(4-2-1-3-5-9)7(15)11-8-12-13-14-16-8/h1-5H2,(H,11,12,14,15). The van der Waals surface area contributed by atoms with Crippen LogP contribution in [0.5, 0.6) is 0 Å². The monoisotopic (exact) mass is 237 g/mol. The SMILES string of the molecule is N#CC1(C(=O)Nc2nnns2)CCCCC1. The van der Waals surface area contributed by atoms with Crippen LogP contribution in [0.1, 0.15) is 32.1 Å². The van der Waals surface area contributed by atoms with E-state index >= 15 is 0 Å². The highest BCUT2D eigenvalue weighted by Gasteiger charge is 2.40. The van der Waals surface area contributed by atoms with E-state index in [1.165, 1.54) is 0 Å². The Labute approximate surface area is 96.8 Å². The van der Waals surface area contributed by atoms with Gasteiger partial charge in [0.25, 0.3) is 0 Å². The second-order valence-electron chi connectivity index (χ2n) is 3.88. The van der Waals surface area contributed by atoms with Gasteiger partial charge in [-0.05, 0) is 18.1 Å². The molecule has 0 saturated heterocycles. The minimum Gasteiger partial charge on any atom is -0.298 e. The molecule has 0 bridgehead atoms. The number of nitriles is 1. The Morgan fingerprint density at radius 3 is 2.75 bits per heavy atom. The molecule has 1 aromatic rings. The van der Waals surface area contributed by atoms with E-state index in [-0.39, 0.29) is 5.91 Å². The van der Waals surface area contributed by atoms with Gasteiger partial charge in [0, 0.05) is 11.5 Å². The number of amides is 1. The maximum atomic E-state index is 12.0. The second-order valence-corrected chi connectivity index (χ2v) is 4.61. The zero-order valence-electron chi connectivity index (χ0n) is 8.64. The molecule has 0 atom stereocenters. The lowest BCUT2D eigenvalue weighted by Crippen LogP contribution is -2.36. The predicted molar refractivity (Wildman–Crippen MR) is 57.5 cm³/mol. The molecule has 7 heteroatoms. The maximum Gasteiger partial charge on any atom is 0.246 e. The summed E-state index contributed by atoms with van der Waals surface area (Å²) in [6.07, 6.45) is 4.20. The third-order valence-electron chi connectivity index (χ3n) is 2.88. The van der Waals surface area contributed by atoms with Crippen LogP contribution in [0.4, 0.5) is 5.13 Å². The van der Waals surface area contributed by atoms with Crippen molar-refractivity contribution >= 4 is 22.6 Å². The summed E-state index contributed by atoms with van der Waals surface area (Å²) >= 11 is 1.01. The van der Waals surface area contributed by atoms with E-state index in [0.717, 1.165) is 30.8 Å². The Morgan fingerprint density at radius 2 is 2.19 bits per heavy atom. The van der Waals surface area contributed by atoms with Crippen LogP contribution in [-0.2, 0) is 4.79 Å². The van der Waals surface area contributed by atoms with Gasteiger partial charge in [0.15, 0.2) is 0 Å². The summed E-state index contributed by atoms with van der Waals surface area (Å²) in [5.41, 5.74) is -0.885. The van der Waals surface area contributed by atoms with Gasteiger partial charge in [0.2, 0.25) is 11.0 Å². The van der Waals surface area contributed by atoms with Gasteiger partial charge < -0.3 is 0 Å². The van der Waals surface area contributed by atoms with Gasteiger partial charge >= 0.3 is 0 Å². The first kappa shape index (κ1) is 11.0. The molecule has 1 aliphatic carbocycles. The van der Waals surface area contributed by atoms with Gasteiger partial charge in [-0.3, -0.25) is 10.1 Å². The van der Waals surface area contributed by atoms with Crippen molar-refractivity contribution < 1.29 is 4.79 Å². The number of anilines is 1. The summed E-state index contributed by atoms with van der Waals surface area (Å²) in [7, 11) is 0. The van der Waals surface area contributed by atoms with Crippen molar-refractivity contribution in [2.45, 2.75) is 32.1 Å². The number of hydrogen-bond donors (Lipinski definition) is 1. The topological polar surface area (TPSA) is 91.6 Å². The van der Waals surface area contributed by atoms with E-state index in [1.54, 1.807) is 0 Å². The summed E-state index contributed by atoms with van der Waals surface area (Å²) in [4.78, 5) is 12.0. The lowest BCUT2D eigenvalue weighted by molar-refractivity contribution is -0.124. The average molecular weight is 237 g/mol. The van der Waals surface area contributed by atoms with Crippen molar-refractivity contribution in [3.05, 3.63) is 0 Å². The first-order valence-corrected chi connectivity index (χ1v) is 5.92. The van der Waals surface area contributed by atoms with Crippen LogP contribution in [-0.4, -0.2) is 20.7 Å². The highest BCUT2D eigenvalue weighted by Crippen LogP contribution is 2.36. The number of rotatable bonds is 2. The molecule has 1 N–H and O–H groups in total. The molecule has 0 unspecified atom stereocenters. The summed E-state index contributed by atoms with van der Waals surface area (Å²) in [5.74, 6) is -0.270. The summed E-state index contributed by atoms with van der Waals surface area (Å²) in [5, 5.41) is 19.2. The fourth-order valence-corrected chi connectivity index (χ4v) is 2.31. The largest absolute Gasteiger partial charge is 0.298 e. The molecule has 1 aromatic heterocycles. The average Bonchev–Trinajstić information content (AvgIpc) is 2.82.